The number of nitrogens with zero attached hydrogens (tertiary/aromatic N) is 1. The Bertz CT molecular complexity index is 212. The maximum Gasteiger partial charge on any atom is 0.224 e. The molecule has 0 atom stereocenters. The van der Waals surface area contributed by atoms with Gasteiger partial charge in [0.25, 0.3) is 0 Å². The Morgan fingerprint density at radius 2 is 1.87 bits per heavy atom. The van der Waals surface area contributed by atoms with E-state index in [0.717, 1.165) is 26.1 Å². The SMILES string of the molecule is O=C1CCNCCCN1C1CCCCC1. The molecule has 1 saturated heterocycles. The van der Waals surface area contributed by atoms with Gasteiger partial charge in [-0.3, -0.25) is 4.79 Å². The molecule has 0 aromatic rings. The molecular formula is C12H22N2O. The zero-order valence-corrected chi connectivity index (χ0v) is 9.50. The molecule has 1 aliphatic carbocycles. The molecule has 2 fully saturated rings. The molecule has 1 N–H and O–H groups in total. The Kier molecular flexibility index (Phi) is 4.01. The lowest BCUT2D eigenvalue weighted by Crippen LogP contribution is -2.45. The van der Waals surface area contributed by atoms with E-state index in [4.69, 9.17) is 0 Å². The summed E-state index contributed by atoms with van der Waals surface area (Å²) < 4.78 is 0. The van der Waals surface area contributed by atoms with Crippen LogP contribution >= 0.6 is 0 Å². The van der Waals surface area contributed by atoms with Crippen LogP contribution in [-0.2, 0) is 4.79 Å². The molecule has 2 rings (SSSR count). The minimum absolute atomic E-state index is 0.370. The molecule has 0 radical (unpaired) electrons. The number of carbonyl (C=O) groups excluding carboxylic acids is 1. The van der Waals surface area contributed by atoms with E-state index in [1.807, 2.05) is 0 Å². The van der Waals surface area contributed by atoms with E-state index in [9.17, 15) is 4.79 Å². The molecule has 1 saturated carbocycles. The van der Waals surface area contributed by atoms with Crippen molar-refractivity contribution in [2.24, 2.45) is 0 Å². The van der Waals surface area contributed by atoms with Crippen LogP contribution < -0.4 is 5.32 Å². The molecule has 3 heteroatoms. The third-order valence-corrected chi connectivity index (χ3v) is 3.60. The van der Waals surface area contributed by atoms with Gasteiger partial charge in [0.05, 0.1) is 0 Å². The molecule has 1 aliphatic heterocycles. The van der Waals surface area contributed by atoms with Gasteiger partial charge in [-0.1, -0.05) is 19.3 Å². The molecule has 86 valence electrons. The highest BCUT2D eigenvalue weighted by Gasteiger charge is 2.25. The van der Waals surface area contributed by atoms with E-state index in [-0.39, 0.29) is 0 Å². The third kappa shape index (κ3) is 2.94. The van der Waals surface area contributed by atoms with E-state index in [1.165, 1.54) is 32.1 Å². The second kappa shape index (κ2) is 5.50. The number of hydrogen-bond donors (Lipinski definition) is 1. The highest BCUT2D eigenvalue weighted by molar-refractivity contribution is 5.76. The number of rotatable bonds is 1. The highest BCUT2D eigenvalue weighted by Crippen LogP contribution is 2.23. The molecule has 15 heavy (non-hydrogen) atoms. The predicted molar refractivity (Wildman–Crippen MR) is 60.7 cm³/mol. The minimum atomic E-state index is 0.370. The monoisotopic (exact) mass is 210 g/mol. The van der Waals surface area contributed by atoms with E-state index in [1.54, 1.807) is 0 Å². The van der Waals surface area contributed by atoms with Crippen molar-refractivity contribution in [2.75, 3.05) is 19.6 Å². The first-order valence-corrected chi connectivity index (χ1v) is 6.38. The van der Waals surface area contributed by atoms with Crippen molar-refractivity contribution in [3.8, 4) is 0 Å². The molecule has 0 aromatic heterocycles. The lowest BCUT2D eigenvalue weighted by atomic mass is 9.93. The van der Waals surface area contributed by atoms with Gasteiger partial charge in [-0.2, -0.15) is 0 Å². The predicted octanol–water partition coefficient (Wildman–Crippen LogP) is 1.53. The van der Waals surface area contributed by atoms with Crippen LogP contribution in [0.4, 0.5) is 0 Å². The van der Waals surface area contributed by atoms with Crippen LogP contribution in [0.15, 0.2) is 0 Å². The summed E-state index contributed by atoms with van der Waals surface area (Å²) in [7, 11) is 0. The molecule has 0 spiro atoms. The zero-order valence-electron chi connectivity index (χ0n) is 9.50. The van der Waals surface area contributed by atoms with Gasteiger partial charge >= 0.3 is 0 Å². The van der Waals surface area contributed by atoms with Gasteiger partial charge in [-0.25, -0.2) is 0 Å². The second-order valence-corrected chi connectivity index (χ2v) is 4.73. The van der Waals surface area contributed by atoms with Crippen molar-refractivity contribution < 1.29 is 4.79 Å². The topological polar surface area (TPSA) is 32.3 Å². The number of amides is 1. The van der Waals surface area contributed by atoms with E-state index in [0.29, 0.717) is 18.4 Å². The zero-order chi connectivity index (χ0) is 10.5. The second-order valence-electron chi connectivity index (χ2n) is 4.73. The van der Waals surface area contributed by atoms with Crippen molar-refractivity contribution in [3.05, 3.63) is 0 Å². The smallest absolute Gasteiger partial charge is 0.224 e. The summed E-state index contributed by atoms with van der Waals surface area (Å²) in [6.07, 6.45) is 8.26. The minimum Gasteiger partial charge on any atom is -0.340 e. The maximum absolute atomic E-state index is 12.0. The summed E-state index contributed by atoms with van der Waals surface area (Å²) >= 11 is 0. The Balaban J connectivity index is 1.93. The van der Waals surface area contributed by atoms with Crippen LogP contribution in [-0.4, -0.2) is 36.5 Å². The average molecular weight is 210 g/mol. The first kappa shape index (κ1) is 10.9. The standard InChI is InChI=1S/C12H22N2O/c15-12-7-9-13-8-4-10-14(12)11-5-2-1-3-6-11/h11,13H,1-10H2. The van der Waals surface area contributed by atoms with Gasteiger partial charge in [0.15, 0.2) is 0 Å². The van der Waals surface area contributed by atoms with Crippen molar-refractivity contribution in [1.82, 2.24) is 10.2 Å². The summed E-state index contributed by atoms with van der Waals surface area (Å²) in [6.45, 7) is 2.90. The van der Waals surface area contributed by atoms with E-state index >= 15 is 0 Å². The maximum atomic E-state index is 12.0. The normalized spacial score (nSPS) is 26.1. The van der Waals surface area contributed by atoms with E-state index < -0.39 is 0 Å². The Labute approximate surface area is 92.2 Å². The van der Waals surface area contributed by atoms with Crippen molar-refractivity contribution in [1.29, 1.82) is 0 Å². The quantitative estimate of drug-likeness (QED) is 0.712. The summed E-state index contributed by atoms with van der Waals surface area (Å²) in [5.41, 5.74) is 0. The number of hydrogen-bond acceptors (Lipinski definition) is 2. The summed E-state index contributed by atoms with van der Waals surface area (Å²) in [5, 5.41) is 3.29. The van der Waals surface area contributed by atoms with Crippen LogP contribution in [0.3, 0.4) is 0 Å². The van der Waals surface area contributed by atoms with Crippen LogP contribution in [0.25, 0.3) is 0 Å². The number of carbonyl (C=O) groups is 1. The van der Waals surface area contributed by atoms with Crippen molar-refractivity contribution >= 4 is 5.91 Å². The van der Waals surface area contributed by atoms with Gasteiger partial charge in [0.1, 0.15) is 0 Å². The van der Waals surface area contributed by atoms with Gasteiger partial charge in [0, 0.05) is 25.6 Å². The van der Waals surface area contributed by atoms with Crippen molar-refractivity contribution in [3.63, 3.8) is 0 Å². The first-order valence-electron chi connectivity index (χ1n) is 6.38. The fraction of sp³-hybridized carbons (Fsp3) is 0.917. The van der Waals surface area contributed by atoms with Crippen LogP contribution in [0.5, 0.6) is 0 Å². The van der Waals surface area contributed by atoms with Crippen LogP contribution in [0, 0.1) is 0 Å². The van der Waals surface area contributed by atoms with Gasteiger partial charge in [0.2, 0.25) is 5.91 Å². The van der Waals surface area contributed by atoms with Crippen LogP contribution in [0.1, 0.15) is 44.9 Å². The molecule has 1 amide bonds. The van der Waals surface area contributed by atoms with Crippen molar-refractivity contribution in [2.45, 2.75) is 51.0 Å². The first-order chi connectivity index (χ1) is 7.38. The van der Waals surface area contributed by atoms with E-state index in [2.05, 4.69) is 10.2 Å². The van der Waals surface area contributed by atoms with Gasteiger partial charge in [-0.15, -0.1) is 0 Å². The fourth-order valence-corrected chi connectivity index (χ4v) is 2.74. The Morgan fingerprint density at radius 3 is 2.67 bits per heavy atom. The lowest BCUT2D eigenvalue weighted by molar-refractivity contribution is -0.134. The molecule has 3 nitrogen and oxygen atoms in total. The molecule has 0 aromatic carbocycles. The van der Waals surface area contributed by atoms with Gasteiger partial charge in [-0.05, 0) is 25.8 Å². The van der Waals surface area contributed by atoms with Crippen LogP contribution in [0.2, 0.25) is 0 Å². The van der Waals surface area contributed by atoms with Gasteiger partial charge < -0.3 is 10.2 Å². The molecular weight excluding hydrogens is 188 g/mol. The largest absolute Gasteiger partial charge is 0.340 e. The summed E-state index contributed by atoms with van der Waals surface area (Å²) in [6, 6.07) is 0.560. The molecule has 2 aliphatic rings. The average Bonchev–Trinajstić information content (AvgIpc) is 2.25. The molecule has 0 bridgehead atoms. The Hall–Kier alpha value is -0.570. The fourth-order valence-electron chi connectivity index (χ4n) is 2.74. The molecule has 0 unspecified atom stereocenters. The Morgan fingerprint density at radius 1 is 1.07 bits per heavy atom. The lowest BCUT2D eigenvalue weighted by Gasteiger charge is -2.35. The third-order valence-electron chi connectivity index (χ3n) is 3.60. The molecule has 1 heterocycles. The highest BCUT2D eigenvalue weighted by atomic mass is 16.2. The summed E-state index contributed by atoms with van der Waals surface area (Å²) in [4.78, 5) is 14.1. The number of nitrogens with one attached hydrogen (secondary N) is 1. The summed E-state index contributed by atoms with van der Waals surface area (Å²) in [5.74, 6) is 0.370.